The maximum absolute atomic E-state index is 6.35. The summed E-state index contributed by atoms with van der Waals surface area (Å²) in [4.78, 5) is 14.9. The minimum Gasteiger partial charge on any atom is -0.464 e. The number of hydrogen-bond acceptors (Lipinski definition) is 5. The SMILES string of the molecule is c1ccc(-c2nc(-c3ccccc3)nc(-c3c(C4Nc5ccccc5O4)ccc4ccccc34)n2)cc1. The van der Waals surface area contributed by atoms with Crippen LogP contribution in [-0.4, -0.2) is 15.0 Å². The number of anilines is 1. The number of ether oxygens (including phenoxy) is 1. The Labute approximate surface area is 214 Å². The molecule has 0 amide bonds. The summed E-state index contributed by atoms with van der Waals surface area (Å²) in [6.07, 6.45) is -0.367. The minimum atomic E-state index is -0.367. The molecule has 37 heavy (non-hydrogen) atoms. The number of benzene rings is 5. The molecule has 1 atom stereocenters. The van der Waals surface area contributed by atoms with E-state index in [1.165, 1.54) is 0 Å². The van der Waals surface area contributed by atoms with Crippen molar-refractivity contribution >= 4 is 16.5 Å². The normalized spacial score (nSPS) is 14.1. The molecule has 0 bridgehead atoms. The zero-order valence-corrected chi connectivity index (χ0v) is 19.9. The van der Waals surface area contributed by atoms with Gasteiger partial charge in [-0.25, -0.2) is 15.0 Å². The summed E-state index contributed by atoms with van der Waals surface area (Å²) in [7, 11) is 0. The van der Waals surface area contributed by atoms with Crippen molar-refractivity contribution in [2.24, 2.45) is 0 Å². The highest BCUT2D eigenvalue weighted by Gasteiger charge is 2.28. The van der Waals surface area contributed by atoms with Crippen molar-refractivity contribution in [2.75, 3.05) is 5.32 Å². The van der Waals surface area contributed by atoms with Gasteiger partial charge in [0.1, 0.15) is 5.75 Å². The van der Waals surface area contributed by atoms with Crippen LogP contribution in [0.5, 0.6) is 5.75 Å². The number of hydrogen-bond donors (Lipinski definition) is 1. The van der Waals surface area contributed by atoms with Crippen LogP contribution in [0, 0.1) is 0 Å². The lowest BCUT2D eigenvalue weighted by Crippen LogP contribution is -2.13. The molecule has 1 unspecified atom stereocenters. The molecule has 0 aliphatic carbocycles. The van der Waals surface area contributed by atoms with Gasteiger partial charge in [0.2, 0.25) is 0 Å². The van der Waals surface area contributed by atoms with E-state index in [1.54, 1.807) is 0 Å². The highest BCUT2D eigenvalue weighted by molar-refractivity contribution is 5.97. The van der Waals surface area contributed by atoms with Gasteiger partial charge in [0, 0.05) is 22.3 Å². The predicted molar refractivity (Wildman–Crippen MR) is 147 cm³/mol. The van der Waals surface area contributed by atoms with Crippen LogP contribution in [-0.2, 0) is 0 Å². The zero-order valence-electron chi connectivity index (χ0n) is 19.9. The lowest BCUT2D eigenvalue weighted by atomic mass is 9.97. The third-order valence-corrected chi connectivity index (χ3v) is 6.59. The number of fused-ring (bicyclic) bond motifs is 2. The molecule has 0 saturated heterocycles. The number of para-hydroxylation sites is 2. The first kappa shape index (κ1) is 21.3. The average Bonchev–Trinajstić information content (AvgIpc) is 3.41. The van der Waals surface area contributed by atoms with Crippen LogP contribution in [0.4, 0.5) is 5.69 Å². The molecule has 176 valence electrons. The van der Waals surface area contributed by atoms with Gasteiger partial charge in [-0.1, -0.05) is 109 Å². The zero-order chi connectivity index (χ0) is 24.6. The molecule has 0 fully saturated rings. The van der Waals surface area contributed by atoms with Crippen LogP contribution in [0.3, 0.4) is 0 Å². The number of nitrogens with zero attached hydrogens (tertiary/aromatic N) is 3. The summed E-state index contributed by atoms with van der Waals surface area (Å²) in [6.45, 7) is 0. The Morgan fingerprint density at radius 1 is 0.541 bits per heavy atom. The molecular weight excluding hydrogens is 456 g/mol. The quantitative estimate of drug-likeness (QED) is 0.284. The predicted octanol–water partition coefficient (Wildman–Crippen LogP) is 7.53. The second-order valence-electron chi connectivity index (χ2n) is 8.93. The number of rotatable bonds is 4. The molecule has 1 N–H and O–H groups in total. The van der Waals surface area contributed by atoms with Crippen molar-refractivity contribution in [3.63, 3.8) is 0 Å². The van der Waals surface area contributed by atoms with Crippen LogP contribution < -0.4 is 10.1 Å². The third kappa shape index (κ3) is 3.87. The van der Waals surface area contributed by atoms with Crippen LogP contribution >= 0.6 is 0 Å². The fourth-order valence-corrected chi connectivity index (χ4v) is 4.80. The summed E-state index contributed by atoms with van der Waals surface area (Å²) in [5.41, 5.74) is 4.75. The Kier molecular flexibility index (Phi) is 5.10. The average molecular weight is 479 g/mol. The third-order valence-electron chi connectivity index (χ3n) is 6.59. The van der Waals surface area contributed by atoms with Gasteiger partial charge in [-0.2, -0.15) is 0 Å². The molecule has 7 rings (SSSR count). The van der Waals surface area contributed by atoms with Crippen LogP contribution in [0.2, 0.25) is 0 Å². The number of aromatic nitrogens is 3. The van der Waals surface area contributed by atoms with Gasteiger partial charge >= 0.3 is 0 Å². The molecule has 5 nitrogen and oxygen atoms in total. The van der Waals surface area contributed by atoms with Crippen molar-refractivity contribution in [3.05, 3.63) is 127 Å². The first-order valence-electron chi connectivity index (χ1n) is 12.2. The molecular formula is C32H22N4O. The monoisotopic (exact) mass is 478 g/mol. The van der Waals surface area contributed by atoms with Gasteiger partial charge in [0.15, 0.2) is 23.7 Å². The summed E-state index contributed by atoms with van der Waals surface area (Å²) >= 11 is 0. The highest BCUT2D eigenvalue weighted by atomic mass is 16.5. The first-order valence-corrected chi connectivity index (χ1v) is 12.2. The minimum absolute atomic E-state index is 0.367. The highest BCUT2D eigenvalue weighted by Crippen LogP contribution is 2.42. The molecule has 1 aromatic heterocycles. The van der Waals surface area contributed by atoms with Crippen LogP contribution in [0.25, 0.3) is 44.9 Å². The summed E-state index contributed by atoms with van der Waals surface area (Å²) in [5.74, 6) is 2.71. The number of nitrogens with one attached hydrogen (secondary N) is 1. The van der Waals surface area contributed by atoms with Crippen molar-refractivity contribution in [3.8, 4) is 39.9 Å². The van der Waals surface area contributed by atoms with E-state index in [1.807, 2.05) is 97.1 Å². The lowest BCUT2D eigenvalue weighted by molar-refractivity contribution is 0.260. The van der Waals surface area contributed by atoms with E-state index in [9.17, 15) is 0 Å². The van der Waals surface area contributed by atoms with E-state index in [-0.39, 0.29) is 6.23 Å². The van der Waals surface area contributed by atoms with E-state index in [0.29, 0.717) is 17.5 Å². The molecule has 2 heterocycles. The lowest BCUT2D eigenvalue weighted by Gasteiger charge is -2.18. The van der Waals surface area contributed by atoms with Gasteiger partial charge in [0.05, 0.1) is 5.69 Å². The largest absolute Gasteiger partial charge is 0.464 e. The maximum Gasteiger partial charge on any atom is 0.197 e. The smallest absolute Gasteiger partial charge is 0.197 e. The second-order valence-corrected chi connectivity index (χ2v) is 8.93. The van der Waals surface area contributed by atoms with Crippen molar-refractivity contribution in [1.29, 1.82) is 0 Å². The fourth-order valence-electron chi connectivity index (χ4n) is 4.80. The second kappa shape index (κ2) is 8.88. The van der Waals surface area contributed by atoms with E-state index in [2.05, 4.69) is 29.6 Å². The van der Waals surface area contributed by atoms with Crippen molar-refractivity contribution < 1.29 is 4.74 Å². The molecule has 0 saturated carbocycles. The topological polar surface area (TPSA) is 59.9 Å². The van der Waals surface area contributed by atoms with Crippen LogP contribution in [0.1, 0.15) is 11.8 Å². The molecule has 5 heteroatoms. The molecule has 6 aromatic rings. The van der Waals surface area contributed by atoms with Crippen molar-refractivity contribution in [1.82, 2.24) is 15.0 Å². The summed E-state index contributed by atoms with van der Waals surface area (Å²) in [6, 6.07) is 40.6. The van der Waals surface area contributed by atoms with Gasteiger partial charge in [0.25, 0.3) is 0 Å². The first-order chi connectivity index (χ1) is 18.3. The Morgan fingerprint density at radius 3 is 1.84 bits per heavy atom. The van der Waals surface area contributed by atoms with Gasteiger partial charge in [-0.3, -0.25) is 0 Å². The maximum atomic E-state index is 6.35. The summed E-state index contributed by atoms with van der Waals surface area (Å²) < 4.78 is 6.35. The summed E-state index contributed by atoms with van der Waals surface area (Å²) in [5, 5.41) is 5.70. The van der Waals surface area contributed by atoms with E-state index in [4.69, 9.17) is 19.7 Å². The molecule has 0 radical (unpaired) electrons. The molecule has 5 aromatic carbocycles. The van der Waals surface area contributed by atoms with Gasteiger partial charge < -0.3 is 10.1 Å². The Morgan fingerprint density at radius 2 is 1.14 bits per heavy atom. The standard InChI is InChI=1S/C32H22N4O/c1-3-12-22(13-4-1)29-34-30(23-14-5-2-6-15-23)36-31(35-29)28-24-16-8-7-11-21(24)19-20-25(28)32-33-26-17-9-10-18-27(26)37-32/h1-20,32-33H. The Hall–Kier alpha value is -5.03. The van der Waals surface area contributed by atoms with E-state index in [0.717, 1.165) is 44.5 Å². The molecule has 0 spiro atoms. The Bertz CT molecular complexity index is 1650. The van der Waals surface area contributed by atoms with Crippen molar-refractivity contribution in [2.45, 2.75) is 6.23 Å². The van der Waals surface area contributed by atoms with Gasteiger partial charge in [-0.05, 0) is 22.9 Å². The van der Waals surface area contributed by atoms with E-state index >= 15 is 0 Å². The van der Waals surface area contributed by atoms with E-state index < -0.39 is 0 Å². The van der Waals surface area contributed by atoms with Gasteiger partial charge in [-0.15, -0.1) is 0 Å². The molecule has 1 aliphatic heterocycles. The van der Waals surface area contributed by atoms with Crippen LogP contribution in [0.15, 0.2) is 121 Å². The fraction of sp³-hybridized carbons (Fsp3) is 0.0312. The Balaban J connectivity index is 1.48. The molecule has 1 aliphatic rings.